The van der Waals surface area contributed by atoms with Crippen molar-refractivity contribution in [3.05, 3.63) is 197 Å². The molecule has 0 atom stereocenters. The largest absolute Gasteiger partial charge is 0.505 e. The third kappa shape index (κ3) is 12.3. The van der Waals surface area contributed by atoms with Crippen molar-refractivity contribution < 1.29 is 61.7 Å². The van der Waals surface area contributed by atoms with Crippen molar-refractivity contribution in [3.8, 4) is 34.8 Å². The van der Waals surface area contributed by atoms with E-state index in [0.29, 0.717) is 5.56 Å². The topological polar surface area (TPSA) is 401 Å². The quantitative estimate of drug-likeness (QED) is 0.0274. The molecule has 429 valence electrons. The number of H-pyrrole nitrogens is 4. The van der Waals surface area contributed by atoms with Crippen molar-refractivity contribution in [2.24, 2.45) is 20.5 Å². The number of benzene rings is 5. The predicted octanol–water partition coefficient (Wildman–Crippen LogP) is 7.67. The number of phenols is 2. The number of nitro benzene ring substituents is 2. The number of aromatic nitrogens is 4. The van der Waals surface area contributed by atoms with Gasteiger partial charge in [0.25, 0.3) is 22.5 Å². The summed E-state index contributed by atoms with van der Waals surface area (Å²) in [6, 6.07) is 22.0. The predicted molar refractivity (Wildman–Crippen MR) is 299 cm³/mol. The van der Waals surface area contributed by atoms with Gasteiger partial charge in [0.15, 0.2) is 5.54 Å². The van der Waals surface area contributed by atoms with Crippen LogP contribution in [0.25, 0.3) is 17.2 Å². The van der Waals surface area contributed by atoms with Crippen molar-refractivity contribution >= 4 is 63.0 Å². The summed E-state index contributed by atoms with van der Waals surface area (Å²) in [5.74, 6) is -2.11. The summed E-state index contributed by atoms with van der Waals surface area (Å²) >= 11 is 0. The van der Waals surface area contributed by atoms with Crippen molar-refractivity contribution in [2.75, 3.05) is 18.0 Å². The zero-order valence-electron chi connectivity index (χ0n) is 45.0. The number of fused-ring (bicyclic) bond motifs is 4. The fraction of sp³-hybridized carbons (Fsp3) is 0.200. The molecule has 5 heterocycles. The van der Waals surface area contributed by atoms with E-state index in [1.54, 1.807) is 12.1 Å². The maximum absolute atomic E-state index is 12.4. The maximum Gasteiger partial charge on any atom is 0.336 e. The number of carbonyl (C=O) groups is 1. The van der Waals surface area contributed by atoms with Crippen LogP contribution in [0.5, 0.6) is 34.8 Å². The second kappa shape index (κ2) is 23.6. The van der Waals surface area contributed by atoms with Gasteiger partial charge in [-0.15, -0.1) is 20.5 Å². The summed E-state index contributed by atoms with van der Waals surface area (Å²) in [7, 11) is 0. The minimum absolute atomic E-state index is 0. The van der Waals surface area contributed by atoms with E-state index in [1.807, 2.05) is 32.1 Å². The standard InChI is InChI=1S/C35H36N2O3.2C10H7N5O6.Co/c1-8-36-28-18-30-26(16-22(28)14-15-34(36,4)5)32(23-12-10-11-13-24(23)33(38)39)27-17-25-21(3)20-35(6,7)37(9-2)29(25)19-31(27)40-30;2*16-6-3-4(15(20)21)1-2-5(6)13-14-7-8(17)11-10(19)12-9(7)18;/h10-20H,8-9H2,1-7H3;2*1-3,16H,(H3,11,12,17,18,19);/p+1. The van der Waals surface area contributed by atoms with E-state index < -0.39 is 72.9 Å². The Morgan fingerprint density at radius 2 is 1.24 bits per heavy atom. The average Bonchev–Trinajstić information content (AvgIpc) is 3.45. The molecule has 10 rings (SSSR count). The summed E-state index contributed by atoms with van der Waals surface area (Å²) in [6.07, 6.45) is 6.73. The van der Waals surface area contributed by atoms with Gasteiger partial charge in [0.2, 0.25) is 28.5 Å². The number of nitrogens with one attached hydrogen (secondary N) is 4. The van der Waals surface area contributed by atoms with E-state index >= 15 is 0 Å². The molecule has 9 N–H and O–H groups in total. The van der Waals surface area contributed by atoms with E-state index in [1.165, 1.54) is 5.57 Å². The van der Waals surface area contributed by atoms with E-state index in [-0.39, 0.29) is 56.2 Å². The third-order valence-electron chi connectivity index (χ3n) is 13.3. The van der Waals surface area contributed by atoms with Crippen molar-refractivity contribution in [2.45, 2.75) is 59.5 Å². The SMILES string of the molecule is CCN1c2cc3c(cc2C(C)=CC1(C)C)C(c1ccccc1C(=O)O)=c1cc2c(cc1O3)=[N+](CC)C(C)(C)C=C2.O=c1[nH]c(O)c(N=Nc2ccc([N+](=O)[O-])cc2O)c(=O)[nH]1.O=c1[nH]c(O)c(N=Nc2ccc([N+](=O)[O-])cc2O)c(=O)[nH]1.[Co]. The number of anilines is 1. The first-order valence-electron chi connectivity index (χ1n) is 24.8. The second-order valence-electron chi connectivity index (χ2n) is 19.5. The molecular formula is C55H51CoN12O15+. The van der Waals surface area contributed by atoms with Crippen LogP contribution in [-0.2, 0) is 16.8 Å². The number of aromatic amines is 4. The summed E-state index contributed by atoms with van der Waals surface area (Å²) in [5, 5.41) is 84.7. The van der Waals surface area contributed by atoms with Crippen LogP contribution in [0.15, 0.2) is 137 Å². The molecule has 0 saturated carbocycles. The minimum atomic E-state index is -0.985. The molecule has 0 fully saturated rings. The molecule has 3 aliphatic rings. The first kappa shape index (κ1) is 60.0. The first-order valence-corrected chi connectivity index (χ1v) is 24.8. The molecule has 0 bridgehead atoms. The summed E-state index contributed by atoms with van der Waals surface area (Å²) < 4.78 is 9.14. The molecule has 0 unspecified atom stereocenters. The number of carboxylic acids is 1. The Kier molecular flexibility index (Phi) is 17.1. The van der Waals surface area contributed by atoms with Crippen molar-refractivity contribution in [1.82, 2.24) is 24.5 Å². The van der Waals surface area contributed by atoms with Gasteiger partial charge in [-0.3, -0.25) is 49.8 Å². The van der Waals surface area contributed by atoms with Crippen molar-refractivity contribution in [1.29, 1.82) is 0 Å². The van der Waals surface area contributed by atoms with Crippen LogP contribution in [0, 0.1) is 20.2 Å². The molecule has 7 aromatic rings. The van der Waals surface area contributed by atoms with Gasteiger partial charge < -0.3 is 35.2 Å². The first-order chi connectivity index (χ1) is 38.7. The number of aromatic hydroxyl groups is 4. The number of hydrogen-bond donors (Lipinski definition) is 9. The molecule has 0 aliphatic carbocycles. The zero-order valence-corrected chi connectivity index (χ0v) is 46.0. The second-order valence-corrected chi connectivity index (χ2v) is 19.5. The van der Waals surface area contributed by atoms with Crippen LogP contribution in [0.4, 0.5) is 39.8 Å². The molecule has 2 aromatic heterocycles. The number of phenolic OH excluding ortho intramolecular Hbond substituents is 2. The number of nitro groups is 2. The van der Waals surface area contributed by atoms with Gasteiger partial charge in [-0.05, 0) is 88.2 Å². The van der Waals surface area contributed by atoms with Gasteiger partial charge in [-0.25, -0.2) is 19.0 Å². The molecule has 0 spiro atoms. The zero-order chi connectivity index (χ0) is 59.7. The average molecular weight is 1180 g/mol. The smallest absolute Gasteiger partial charge is 0.336 e. The van der Waals surface area contributed by atoms with E-state index in [2.05, 4.69) is 121 Å². The Morgan fingerprint density at radius 1 is 0.699 bits per heavy atom. The van der Waals surface area contributed by atoms with Crippen LogP contribution in [0.2, 0.25) is 0 Å². The molecular weight excluding hydrogens is 1130 g/mol. The van der Waals surface area contributed by atoms with Gasteiger partial charge in [0.1, 0.15) is 40.9 Å². The maximum atomic E-state index is 12.4. The van der Waals surface area contributed by atoms with Crippen LogP contribution in [0.1, 0.15) is 81.1 Å². The number of nitrogens with zero attached hydrogens (tertiary/aromatic N) is 8. The monoisotopic (exact) mass is 1180 g/mol. The molecule has 5 aromatic carbocycles. The fourth-order valence-corrected chi connectivity index (χ4v) is 9.66. The number of allylic oxidation sites excluding steroid dienone is 1. The summed E-state index contributed by atoms with van der Waals surface area (Å²) in [6.45, 7) is 17.1. The van der Waals surface area contributed by atoms with Gasteiger partial charge in [0.05, 0.1) is 39.1 Å². The van der Waals surface area contributed by atoms with E-state index in [9.17, 15) is 69.7 Å². The Balaban J connectivity index is 0.000000195. The molecule has 27 nitrogen and oxygen atoms in total. The minimum Gasteiger partial charge on any atom is -0.505 e. The Morgan fingerprint density at radius 3 is 1.72 bits per heavy atom. The molecule has 0 saturated heterocycles. The number of likely N-dealkylation sites (N-methyl/N-ethyl adjacent to an activating group) is 2. The summed E-state index contributed by atoms with van der Waals surface area (Å²) in [4.78, 5) is 86.3. The van der Waals surface area contributed by atoms with Gasteiger partial charge in [-0.2, -0.15) is 0 Å². The molecule has 83 heavy (non-hydrogen) atoms. The number of non-ortho nitro benzene ring substituents is 2. The van der Waals surface area contributed by atoms with Crippen LogP contribution in [0.3, 0.4) is 0 Å². The fourth-order valence-electron chi connectivity index (χ4n) is 9.66. The van der Waals surface area contributed by atoms with Crippen LogP contribution < -0.4 is 47.3 Å². The molecule has 1 radical (unpaired) electrons. The van der Waals surface area contributed by atoms with Crippen LogP contribution in [-0.4, -0.2) is 85.5 Å². The third-order valence-corrected chi connectivity index (χ3v) is 13.3. The molecule has 0 amide bonds. The van der Waals surface area contributed by atoms with E-state index in [0.717, 1.165) is 99.5 Å². The number of ether oxygens (including phenoxy) is 1. The number of rotatable bonds is 10. The molecule has 3 aliphatic heterocycles. The molecule has 28 heteroatoms. The normalized spacial score (nSPS) is 14.1. The Labute approximate surface area is 477 Å². The van der Waals surface area contributed by atoms with Gasteiger partial charge >= 0.3 is 17.3 Å². The van der Waals surface area contributed by atoms with Crippen LogP contribution >= 0.6 is 0 Å². The van der Waals surface area contributed by atoms with E-state index in [4.69, 9.17) is 4.74 Å². The summed E-state index contributed by atoms with van der Waals surface area (Å²) in [5.41, 5.74) is 1.12. The Bertz CT molecular complexity index is 4210. The number of aromatic carboxylic acids is 1. The number of carboxylic acid groups (broad SMARTS) is 1. The van der Waals surface area contributed by atoms with Gasteiger partial charge in [-0.1, -0.05) is 24.3 Å². The number of azo groups is 2. The van der Waals surface area contributed by atoms with Gasteiger partial charge in [0, 0.05) is 88.5 Å². The Hall–Kier alpha value is -10.6. The van der Waals surface area contributed by atoms with Crippen molar-refractivity contribution in [3.63, 3.8) is 0 Å². The number of hydrogen-bond acceptors (Lipinski definition) is 19.